The molecule has 0 N–H and O–H groups in total. The Morgan fingerprint density at radius 3 is 1.74 bits per heavy atom. The third-order valence-corrected chi connectivity index (χ3v) is 5.75. The minimum Gasteiger partial charge on any atom is -0.716 e. The molecule has 186 valence electrons. The highest BCUT2D eigenvalue weighted by Gasteiger charge is 2.19. The van der Waals surface area contributed by atoms with E-state index in [1.54, 1.807) is 28.4 Å². The number of aryl methyl sites for hydroxylation is 1. The number of ether oxygens (including phenoxy) is 4. The lowest BCUT2D eigenvalue weighted by Gasteiger charge is -2.11. The number of hydrogen-bond donors (Lipinski definition) is 0. The second-order valence-corrected chi connectivity index (χ2v) is 8.36. The van der Waals surface area contributed by atoms with Gasteiger partial charge in [0.05, 0.1) is 39.2 Å². The molecular weight excluding hydrogens is 478 g/mol. The number of aromatic nitrogens is 1. The summed E-state index contributed by atoms with van der Waals surface area (Å²) >= 11 is 0. The Kier molecular flexibility index (Phi) is 7.51. The number of nitrogens with zero attached hydrogens (tertiary/aromatic N) is 1. The largest absolute Gasteiger partial charge is 0.716 e. The maximum Gasteiger partial charge on any atom is 0.318 e. The molecule has 0 aliphatic heterocycles. The van der Waals surface area contributed by atoms with Crippen LogP contribution in [0.2, 0.25) is 0 Å². The quantitative estimate of drug-likeness (QED) is 0.133. The van der Waals surface area contributed by atoms with Gasteiger partial charge in [0.1, 0.15) is 0 Å². The van der Waals surface area contributed by atoms with E-state index in [2.05, 4.69) is 33.8 Å². The molecule has 0 aliphatic rings. The first-order chi connectivity index (χ1) is 16.5. The van der Waals surface area contributed by atoms with Crippen molar-refractivity contribution in [1.29, 1.82) is 0 Å². The van der Waals surface area contributed by atoms with Crippen LogP contribution in [0.1, 0.15) is 12.6 Å². The summed E-state index contributed by atoms with van der Waals surface area (Å²) in [5.41, 5.74) is 2.21. The minimum atomic E-state index is -4.82. The van der Waals surface area contributed by atoms with Crippen LogP contribution >= 0.6 is 0 Å². The van der Waals surface area contributed by atoms with Crippen LogP contribution in [0.25, 0.3) is 27.1 Å². The summed E-state index contributed by atoms with van der Waals surface area (Å²) in [6.07, 6.45) is 2.08. The van der Waals surface area contributed by atoms with Crippen molar-refractivity contribution in [2.45, 2.75) is 13.8 Å². The van der Waals surface area contributed by atoms with E-state index in [0.717, 1.165) is 51.2 Å². The number of methoxy groups -OCH3 is 4. The second kappa shape index (κ2) is 10.2. The van der Waals surface area contributed by atoms with Crippen LogP contribution in [0, 0.1) is 6.92 Å². The normalized spacial score (nSPS) is 11.1. The van der Waals surface area contributed by atoms with E-state index in [-0.39, 0.29) is 0 Å². The molecule has 0 spiro atoms. The average Bonchev–Trinajstić information content (AvgIpc) is 2.81. The average molecular weight is 504 g/mol. The number of carbonyl (C=O) groups is 1. The lowest BCUT2D eigenvalue weighted by Crippen LogP contribution is -2.25. The predicted octanol–water partition coefficient (Wildman–Crippen LogP) is 3.08. The maximum atomic E-state index is 9.66. The molecule has 0 bridgehead atoms. The molecule has 11 heteroatoms. The van der Waals surface area contributed by atoms with Crippen LogP contribution in [-0.4, -0.2) is 47.4 Å². The van der Waals surface area contributed by atoms with Crippen molar-refractivity contribution < 1.29 is 45.3 Å². The first kappa shape index (κ1) is 25.8. The van der Waals surface area contributed by atoms with E-state index in [1.165, 1.54) is 0 Å². The van der Waals surface area contributed by atoms with Crippen molar-refractivity contribution in [2.24, 2.45) is 0 Å². The number of pyridine rings is 2. The summed E-state index contributed by atoms with van der Waals surface area (Å²) in [5, 5.41) is 4.39. The van der Waals surface area contributed by atoms with Crippen molar-refractivity contribution in [1.82, 2.24) is 0 Å². The van der Waals surface area contributed by atoms with E-state index >= 15 is 0 Å². The van der Waals surface area contributed by atoms with Gasteiger partial charge in [-0.3, -0.25) is 4.79 Å². The highest BCUT2D eigenvalue weighted by molar-refractivity contribution is 7.81. The summed E-state index contributed by atoms with van der Waals surface area (Å²) in [7, 11) is 1.78. The summed E-state index contributed by atoms with van der Waals surface area (Å²) in [5.74, 6) is 1.75. The lowest BCUT2D eigenvalue weighted by molar-refractivity contribution is -0.516. The van der Waals surface area contributed by atoms with E-state index in [1.807, 2.05) is 24.3 Å². The third-order valence-electron chi connectivity index (χ3n) is 5.31. The molecule has 10 nitrogen and oxygen atoms in total. The Labute approximate surface area is 202 Å². The number of rotatable bonds is 5. The fraction of sp³-hybridized carbons (Fsp3) is 0.250. The molecule has 0 saturated carbocycles. The second-order valence-electron chi connectivity index (χ2n) is 7.37. The molecule has 2 heterocycles. The first-order valence-electron chi connectivity index (χ1n) is 10.2. The third kappa shape index (κ3) is 5.47. The lowest BCUT2D eigenvalue weighted by atomic mass is 10.0. The van der Waals surface area contributed by atoms with Gasteiger partial charge in [0, 0.05) is 26.0 Å². The summed E-state index contributed by atoms with van der Waals surface area (Å²) in [6.45, 7) is 2.93. The van der Waals surface area contributed by atoms with Crippen LogP contribution in [0.15, 0.2) is 42.6 Å². The fourth-order valence-corrected chi connectivity index (χ4v) is 4.09. The Hall–Kier alpha value is -3.83. The first-order valence-corrected chi connectivity index (χ1v) is 11.6. The Bertz CT molecular complexity index is 1530. The predicted molar refractivity (Wildman–Crippen MR) is 127 cm³/mol. The SMILES string of the molecule is CC(=O)OS(=O)(=O)[O-].COc1cc2cc3c4cc(OC)c(OC)cc4cc[n+]3c(C)c2cc1OC. The van der Waals surface area contributed by atoms with Gasteiger partial charge in [0.25, 0.3) is 10.4 Å². The topological polar surface area (TPSA) is 125 Å². The van der Waals surface area contributed by atoms with Crippen molar-refractivity contribution in [3.05, 3.63) is 48.3 Å². The molecule has 0 aliphatic carbocycles. The zero-order chi connectivity index (χ0) is 25.9. The zero-order valence-electron chi connectivity index (χ0n) is 20.1. The van der Waals surface area contributed by atoms with Crippen LogP contribution in [0.4, 0.5) is 0 Å². The molecular formula is C24H25NO9S. The van der Waals surface area contributed by atoms with Crippen LogP contribution < -0.4 is 23.3 Å². The minimum absolute atomic E-state index is 0.711. The van der Waals surface area contributed by atoms with Gasteiger partial charge in [0.2, 0.25) is 5.52 Å². The van der Waals surface area contributed by atoms with Gasteiger partial charge in [-0.15, -0.1) is 0 Å². The maximum absolute atomic E-state index is 9.66. The molecule has 4 rings (SSSR count). The van der Waals surface area contributed by atoms with E-state index in [4.69, 9.17) is 18.9 Å². The van der Waals surface area contributed by atoms with E-state index < -0.39 is 16.4 Å². The summed E-state index contributed by atoms with van der Waals surface area (Å²) in [6, 6.07) is 12.3. The molecule has 0 amide bonds. The molecule has 0 atom stereocenters. The van der Waals surface area contributed by atoms with Crippen molar-refractivity contribution in [2.75, 3.05) is 28.4 Å². The molecule has 35 heavy (non-hydrogen) atoms. The molecule has 0 unspecified atom stereocenters. The van der Waals surface area contributed by atoms with Gasteiger partial charge in [0.15, 0.2) is 34.9 Å². The number of hydrogen-bond acceptors (Lipinski definition) is 9. The van der Waals surface area contributed by atoms with Gasteiger partial charge in [-0.05, 0) is 35.0 Å². The number of carbonyl (C=O) groups excluding carboxylic acids is 1. The fourth-order valence-electron chi connectivity index (χ4n) is 3.81. The van der Waals surface area contributed by atoms with E-state index in [9.17, 15) is 17.8 Å². The van der Waals surface area contributed by atoms with Crippen molar-refractivity contribution >= 4 is 43.4 Å². The highest BCUT2D eigenvalue weighted by atomic mass is 32.3. The number of fused-ring (bicyclic) bond motifs is 4. The molecule has 0 fully saturated rings. The van der Waals surface area contributed by atoms with Crippen LogP contribution in [-0.2, 0) is 19.4 Å². The van der Waals surface area contributed by atoms with Gasteiger partial charge in [-0.25, -0.2) is 8.42 Å². The van der Waals surface area contributed by atoms with Crippen molar-refractivity contribution in [3.8, 4) is 23.0 Å². The summed E-state index contributed by atoms with van der Waals surface area (Å²) < 4.78 is 55.6. The highest BCUT2D eigenvalue weighted by Crippen LogP contribution is 2.36. The molecule has 0 saturated heterocycles. The Morgan fingerprint density at radius 1 is 0.800 bits per heavy atom. The molecule has 0 radical (unpaired) electrons. The standard InChI is InChI=1S/C22H22NO4.C2H4O5S/c1-13-16-11-21(26-4)20(25-3)10-15(16)8-18-17-12-22(27-5)19(24-2)9-14(17)6-7-23(13)18;1-2(3)7-8(4,5)6/h6-12H,1-5H3;1H3,(H,4,5,6)/q+1;/p-1. The van der Waals surface area contributed by atoms with Crippen LogP contribution in [0.5, 0.6) is 23.0 Å². The molecule has 2 aromatic carbocycles. The smallest absolute Gasteiger partial charge is 0.318 e. The van der Waals surface area contributed by atoms with Crippen LogP contribution in [0.3, 0.4) is 0 Å². The van der Waals surface area contributed by atoms with E-state index in [0.29, 0.717) is 11.5 Å². The van der Waals surface area contributed by atoms with Gasteiger partial charge in [-0.1, -0.05) is 0 Å². The zero-order valence-corrected chi connectivity index (χ0v) is 20.9. The number of benzene rings is 2. The van der Waals surface area contributed by atoms with Gasteiger partial charge < -0.3 is 27.7 Å². The monoisotopic (exact) mass is 503 g/mol. The summed E-state index contributed by atoms with van der Waals surface area (Å²) in [4.78, 5) is 9.66. The van der Waals surface area contributed by atoms with Gasteiger partial charge in [-0.2, -0.15) is 4.40 Å². The van der Waals surface area contributed by atoms with Crippen molar-refractivity contribution in [3.63, 3.8) is 0 Å². The Morgan fingerprint density at radius 2 is 1.29 bits per heavy atom. The Balaban J connectivity index is 0.000000371. The molecule has 2 aromatic heterocycles. The molecule has 4 aromatic rings. The van der Waals surface area contributed by atoms with Gasteiger partial charge >= 0.3 is 5.97 Å².